The number of anilines is 1. The summed E-state index contributed by atoms with van der Waals surface area (Å²) in [5.74, 6) is -0.675. The van der Waals surface area contributed by atoms with Crippen LogP contribution < -0.4 is 16.6 Å². The molecule has 27 heavy (non-hydrogen) atoms. The van der Waals surface area contributed by atoms with E-state index in [2.05, 4.69) is 10.4 Å². The van der Waals surface area contributed by atoms with Gasteiger partial charge in [-0.2, -0.15) is 5.10 Å². The molecule has 0 saturated heterocycles. The van der Waals surface area contributed by atoms with Gasteiger partial charge < -0.3 is 20.0 Å². The smallest absolute Gasteiger partial charge is 0.291 e. The number of nitrogens with two attached hydrogens (primary N) is 1. The minimum atomic E-state index is -0.844. The molecular weight excluding hydrogens is 350 g/mol. The molecule has 2 amide bonds. The number of furan rings is 1. The van der Waals surface area contributed by atoms with Crippen LogP contribution in [0, 0.1) is 13.8 Å². The van der Waals surface area contributed by atoms with Crippen LogP contribution in [0.2, 0.25) is 0 Å². The second kappa shape index (κ2) is 6.94. The highest BCUT2D eigenvalue weighted by molar-refractivity contribution is 6.04. The predicted octanol–water partition coefficient (Wildman–Crippen LogP) is 1.19. The summed E-state index contributed by atoms with van der Waals surface area (Å²) in [6.45, 7) is 3.62. The van der Waals surface area contributed by atoms with Crippen LogP contribution in [0.4, 0.5) is 5.69 Å². The Hall–Kier alpha value is -3.62. The van der Waals surface area contributed by atoms with E-state index < -0.39 is 17.4 Å². The average molecular weight is 369 g/mol. The molecule has 0 unspecified atom stereocenters. The Kier molecular flexibility index (Phi) is 4.68. The van der Waals surface area contributed by atoms with E-state index in [1.165, 1.54) is 11.6 Å². The van der Waals surface area contributed by atoms with Crippen molar-refractivity contribution >= 4 is 17.5 Å². The summed E-state index contributed by atoms with van der Waals surface area (Å²) >= 11 is 0. The molecular formula is C18H19N5O4. The normalized spacial score (nSPS) is 10.8. The first-order chi connectivity index (χ1) is 12.8. The number of nitrogens with zero attached hydrogens (tertiary/aromatic N) is 3. The SMILES string of the molecule is Cc1c(NC(=O)c2ccc(Cn3cccn3)o2)c(C)n(C)c(=O)c1C(N)=O. The Morgan fingerprint density at radius 1 is 1.30 bits per heavy atom. The summed E-state index contributed by atoms with van der Waals surface area (Å²) in [6.07, 6.45) is 3.43. The Morgan fingerprint density at radius 3 is 2.67 bits per heavy atom. The van der Waals surface area contributed by atoms with E-state index in [0.717, 1.165) is 0 Å². The van der Waals surface area contributed by atoms with E-state index in [-0.39, 0.29) is 11.3 Å². The van der Waals surface area contributed by atoms with Crippen molar-refractivity contribution in [1.29, 1.82) is 0 Å². The van der Waals surface area contributed by atoms with Gasteiger partial charge in [-0.15, -0.1) is 0 Å². The molecule has 3 rings (SSSR count). The molecule has 3 aromatic rings. The number of carbonyl (C=O) groups is 2. The molecule has 0 saturated carbocycles. The van der Waals surface area contributed by atoms with Gasteiger partial charge in [0.25, 0.3) is 17.4 Å². The second-order valence-corrected chi connectivity index (χ2v) is 6.11. The molecule has 0 aliphatic heterocycles. The molecule has 140 valence electrons. The number of hydrogen-bond donors (Lipinski definition) is 2. The first kappa shape index (κ1) is 18.2. The van der Waals surface area contributed by atoms with Crippen molar-refractivity contribution < 1.29 is 14.0 Å². The highest BCUT2D eigenvalue weighted by Crippen LogP contribution is 2.22. The van der Waals surface area contributed by atoms with Gasteiger partial charge in [0.05, 0.1) is 12.2 Å². The molecule has 9 nitrogen and oxygen atoms in total. The fourth-order valence-electron chi connectivity index (χ4n) is 2.83. The van der Waals surface area contributed by atoms with Gasteiger partial charge in [-0.05, 0) is 37.6 Å². The van der Waals surface area contributed by atoms with Crippen molar-refractivity contribution in [1.82, 2.24) is 14.3 Å². The lowest BCUT2D eigenvalue weighted by Gasteiger charge is -2.16. The maximum Gasteiger partial charge on any atom is 0.291 e. The molecule has 0 atom stereocenters. The van der Waals surface area contributed by atoms with E-state index >= 15 is 0 Å². The van der Waals surface area contributed by atoms with Crippen LogP contribution in [-0.2, 0) is 13.6 Å². The summed E-state index contributed by atoms with van der Waals surface area (Å²) in [6, 6.07) is 5.03. The van der Waals surface area contributed by atoms with Crippen LogP contribution in [0.15, 0.2) is 39.8 Å². The molecule has 0 spiro atoms. The molecule has 9 heteroatoms. The lowest BCUT2D eigenvalue weighted by atomic mass is 10.1. The van der Waals surface area contributed by atoms with Crippen molar-refractivity contribution in [2.45, 2.75) is 20.4 Å². The van der Waals surface area contributed by atoms with Gasteiger partial charge >= 0.3 is 0 Å². The molecule has 3 aromatic heterocycles. The van der Waals surface area contributed by atoms with E-state index in [9.17, 15) is 14.4 Å². The van der Waals surface area contributed by atoms with Gasteiger partial charge in [-0.25, -0.2) is 0 Å². The highest BCUT2D eigenvalue weighted by Gasteiger charge is 2.21. The first-order valence-corrected chi connectivity index (χ1v) is 8.17. The Morgan fingerprint density at radius 2 is 2.04 bits per heavy atom. The molecule has 0 aliphatic carbocycles. The van der Waals surface area contributed by atoms with E-state index in [1.54, 1.807) is 49.1 Å². The fourth-order valence-corrected chi connectivity index (χ4v) is 2.83. The third kappa shape index (κ3) is 3.39. The molecule has 0 bridgehead atoms. The predicted molar refractivity (Wildman–Crippen MR) is 97.7 cm³/mol. The van der Waals surface area contributed by atoms with Crippen molar-refractivity contribution in [2.75, 3.05) is 5.32 Å². The zero-order valence-corrected chi connectivity index (χ0v) is 15.1. The molecule has 0 aliphatic rings. The minimum absolute atomic E-state index is 0.102. The average Bonchev–Trinajstić information content (AvgIpc) is 3.29. The third-order valence-electron chi connectivity index (χ3n) is 4.38. The lowest BCUT2D eigenvalue weighted by molar-refractivity contribution is 0.0985. The second-order valence-electron chi connectivity index (χ2n) is 6.11. The van der Waals surface area contributed by atoms with Gasteiger partial charge in [0.15, 0.2) is 5.76 Å². The van der Waals surface area contributed by atoms with Crippen LogP contribution in [0.1, 0.15) is 37.9 Å². The Balaban J connectivity index is 1.89. The van der Waals surface area contributed by atoms with Gasteiger partial charge in [0.1, 0.15) is 11.3 Å². The number of nitrogens with one attached hydrogen (secondary N) is 1. The molecule has 0 fully saturated rings. The minimum Gasteiger partial charge on any atom is -0.454 e. The topological polar surface area (TPSA) is 125 Å². The van der Waals surface area contributed by atoms with E-state index in [0.29, 0.717) is 29.2 Å². The van der Waals surface area contributed by atoms with E-state index in [1.807, 2.05) is 0 Å². The van der Waals surface area contributed by atoms with Crippen molar-refractivity contribution in [2.24, 2.45) is 12.8 Å². The van der Waals surface area contributed by atoms with Crippen molar-refractivity contribution in [3.05, 3.63) is 69.3 Å². The summed E-state index contributed by atoms with van der Waals surface area (Å²) < 4.78 is 8.51. The fraction of sp³-hybridized carbons (Fsp3) is 0.222. The maximum absolute atomic E-state index is 12.6. The van der Waals surface area contributed by atoms with Gasteiger partial charge in [-0.1, -0.05) is 0 Å². The molecule has 0 radical (unpaired) electrons. The zero-order chi connectivity index (χ0) is 19.7. The standard InChI is InChI=1S/C18H19N5O4/c1-10-14(16(19)24)18(26)22(3)11(2)15(10)21-17(25)13-6-5-12(27-13)9-23-8-4-7-20-23/h4-8H,9H2,1-3H3,(H2,19,24)(H,21,25). The van der Waals surface area contributed by atoms with E-state index in [4.69, 9.17) is 10.2 Å². The summed E-state index contributed by atoms with van der Waals surface area (Å²) in [4.78, 5) is 36.5. The van der Waals surface area contributed by atoms with Crippen LogP contribution in [0.25, 0.3) is 0 Å². The van der Waals surface area contributed by atoms with Gasteiger partial charge in [-0.3, -0.25) is 19.1 Å². The summed E-state index contributed by atoms with van der Waals surface area (Å²) in [5.41, 5.74) is 5.83. The number of rotatable bonds is 5. The number of hydrogen-bond acceptors (Lipinski definition) is 5. The van der Waals surface area contributed by atoms with Crippen molar-refractivity contribution in [3.8, 4) is 0 Å². The first-order valence-electron chi connectivity index (χ1n) is 8.17. The molecule has 3 N–H and O–H groups in total. The van der Waals surface area contributed by atoms with Crippen LogP contribution in [-0.4, -0.2) is 26.2 Å². The zero-order valence-electron chi connectivity index (χ0n) is 15.1. The maximum atomic E-state index is 12.6. The summed E-state index contributed by atoms with van der Waals surface area (Å²) in [7, 11) is 1.51. The Bertz CT molecular complexity index is 1080. The number of aromatic nitrogens is 3. The third-order valence-corrected chi connectivity index (χ3v) is 4.38. The number of carbonyl (C=O) groups excluding carboxylic acids is 2. The van der Waals surface area contributed by atoms with Crippen LogP contribution in [0.5, 0.6) is 0 Å². The summed E-state index contributed by atoms with van der Waals surface area (Å²) in [5, 5.41) is 6.79. The number of primary amides is 1. The van der Waals surface area contributed by atoms with Crippen LogP contribution >= 0.6 is 0 Å². The van der Waals surface area contributed by atoms with Gasteiger partial charge in [0.2, 0.25) is 0 Å². The van der Waals surface area contributed by atoms with Crippen LogP contribution in [0.3, 0.4) is 0 Å². The highest BCUT2D eigenvalue weighted by atomic mass is 16.4. The number of pyridine rings is 1. The number of amides is 2. The van der Waals surface area contributed by atoms with Gasteiger partial charge in [0, 0.05) is 25.1 Å². The van der Waals surface area contributed by atoms with Crippen molar-refractivity contribution in [3.63, 3.8) is 0 Å². The molecule has 0 aromatic carbocycles. The lowest BCUT2D eigenvalue weighted by Crippen LogP contribution is -2.32. The largest absolute Gasteiger partial charge is 0.454 e. The molecule has 3 heterocycles. The monoisotopic (exact) mass is 369 g/mol. The Labute approximate surface area is 154 Å². The quantitative estimate of drug-likeness (QED) is 0.699.